The van der Waals surface area contributed by atoms with E-state index in [0.29, 0.717) is 24.9 Å². The van der Waals surface area contributed by atoms with E-state index in [1.54, 1.807) is 6.20 Å². The fourth-order valence-corrected chi connectivity index (χ4v) is 2.57. The molecular weight excluding hydrogens is 296 g/mol. The fraction of sp³-hybridized carbons (Fsp3) is 0.500. The molecule has 122 valence electrons. The standard InChI is InChI=1S/C16H20N4O3/c1-10-9-13(3-6-17-10)14-19-16(23-20-14)11(2)18-15(21)12-4-7-22-8-5-12/h3,6,9,11-12H,4-5,7-8H2,1-2H3,(H,18,21)/t11-/m0/s1. The molecule has 0 radical (unpaired) electrons. The van der Waals surface area contributed by atoms with Crippen molar-refractivity contribution >= 4 is 5.91 Å². The fourth-order valence-electron chi connectivity index (χ4n) is 2.57. The van der Waals surface area contributed by atoms with E-state index in [-0.39, 0.29) is 17.9 Å². The van der Waals surface area contributed by atoms with Crippen LogP contribution in [0.4, 0.5) is 0 Å². The monoisotopic (exact) mass is 316 g/mol. The van der Waals surface area contributed by atoms with Crippen molar-refractivity contribution in [2.75, 3.05) is 13.2 Å². The predicted octanol–water partition coefficient (Wildman–Crippen LogP) is 2.04. The van der Waals surface area contributed by atoms with E-state index in [1.165, 1.54) is 0 Å². The van der Waals surface area contributed by atoms with Gasteiger partial charge in [-0.1, -0.05) is 5.16 Å². The van der Waals surface area contributed by atoms with E-state index < -0.39 is 0 Å². The third kappa shape index (κ3) is 3.73. The maximum absolute atomic E-state index is 12.2. The van der Waals surface area contributed by atoms with E-state index in [2.05, 4.69) is 20.4 Å². The number of amides is 1. The highest BCUT2D eigenvalue weighted by atomic mass is 16.5. The molecule has 0 bridgehead atoms. The number of carbonyl (C=O) groups excluding carboxylic acids is 1. The molecule has 0 saturated carbocycles. The number of ether oxygens (including phenoxy) is 1. The smallest absolute Gasteiger partial charge is 0.249 e. The van der Waals surface area contributed by atoms with Gasteiger partial charge in [-0.3, -0.25) is 9.78 Å². The van der Waals surface area contributed by atoms with Crippen LogP contribution in [-0.4, -0.2) is 34.2 Å². The zero-order chi connectivity index (χ0) is 16.2. The summed E-state index contributed by atoms with van der Waals surface area (Å²) in [6, 6.07) is 3.39. The maximum atomic E-state index is 12.2. The molecule has 1 aliphatic rings. The second kappa shape index (κ2) is 6.87. The molecule has 3 heterocycles. The third-order valence-electron chi connectivity index (χ3n) is 3.92. The zero-order valence-electron chi connectivity index (χ0n) is 13.3. The van der Waals surface area contributed by atoms with Gasteiger partial charge in [0.05, 0.1) is 0 Å². The molecule has 0 unspecified atom stereocenters. The summed E-state index contributed by atoms with van der Waals surface area (Å²) in [7, 11) is 0. The van der Waals surface area contributed by atoms with E-state index in [1.807, 2.05) is 26.0 Å². The normalized spacial score (nSPS) is 17.0. The van der Waals surface area contributed by atoms with Crippen LogP contribution in [0.3, 0.4) is 0 Å². The van der Waals surface area contributed by atoms with Gasteiger partial charge in [0.15, 0.2) is 0 Å². The topological polar surface area (TPSA) is 90.1 Å². The molecule has 1 saturated heterocycles. The van der Waals surface area contributed by atoms with Crippen molar-refractivity contribution in [3.05, 3.63) is 29.9 Å². The Morgan fingerprint density at radius 3 is 2.91 bits per heavy atom. The van der Waals surface area contributed by atoms with Crippen LogP contribution in [0.5, 0.6) is 0 Å². The molecule has 0 spiro atoms. The average molecular weight is 316 g/mol. The minimum Gasteiger partial charge on any atom is -0.381 e. The van der Waals surface area contributed by atoms with Crippen molar-refractivity contribution in [2.24, 2.45) is 5.92 Å². The summed E-state index contributed by atoms with van der Waals surface area (Å²) < 4.78 is 10.6. The maximum Gasteiger partial charge on any atom is 0.249 e. The Labute approximate surface area is 134 Å². The number of aryl methyl sites for hydroxylation is 1. The lowest BCUT2D eigenvalue weighted by Gasteiger charge is -2.22. The lowest BCUT2D eigenvalue weighted by atomic mass is 9.99. The first kappa shape index (κ1) is 15.6. The van der Waals surface area contributed by atoms with Gasteiger partial charge in [0, 0.05) is 36.6 Å². The van der Waals surface area contributed by atoms with E-state index in [0.717, 1.165) is 24.1 Å². The number of nitrogens with zero attached hydrogens (tertiary/aromatic N) is 3. The largest absolute Gasteiger partial charge is 0.381 e. The molecule has 2 aromatic rings. The molecule has 1 aliphatic heterocycles. The molecule has 0 aliphatic carbocycles. The number of pyridine rings is 1. The summed E-state index contributed by atoms with van der Waals surface area (Å²) in [5.41, 5.74) is 1.73. The van der Waals surface area contributed by atoms with Gasteiger partial charge in [0.2, 0.25) is 17.6 Å². The Hall–Kier alpha value is -2.28. The average Bonchev–Trinajstić information content (AvgIpc) is 3.06. The van der Waals surface area contributed by atoms with Crippen molar-refractivity contribution in [1.29, 1.82) is 0 Å². The zero-order valence-corrected chi connectivity index (χ0v) is 13.3. The summed E-state index contributed by atoms with van der Waals surface area (Å²) in [6.45, 7) is 5.02. The molecule has 2 aromatic heterocycles. The van der Waals surface area contributed by atoms with Gasteiger partial charge in [-0.15, -0.1) is 0 Å². The summed E-state index contributed by atoms with van der Waals surface area (Å²) in [5.74, 6) is 0.907. The number of nitrogens with one attached hydrogen (secondary N) is 1. The minimum atomic E-state index is -0.325. The lowest BCUT2D eigenvalue weighted by molar-refractivity contribution is -0.128. The molecule has 1 N–H and O–H groups in total. The number of hydrogen-bond acceptors (Lipinski definition) is 6. The van der Waals surface area contributed by atoms with Crippen LogP contribution < -0.4 is 5.32 Å². The molecule has 7 heteroatoms. The Morgan fingerprint density at radius 1 is 1.39 bits per heavy atom. The Morgan fingerprint density at radius 2 is 2.17 bits per heavy atom. The SMILES string of the molecule is Cc1cc(-c2noc([C@H](C)NC(=O)C3CCOCC3)n2)ccn1. The Kier molecular flexibility index (Phi) is 4.66. The van der Waals surface area contributed by atoms with Crippen LogP contribution in [0.15, 0.2) is 22.9 Å². The van der Waals surface area contributed by atoms with Gasteiger partial charge in [0.1, 0.15) is 6.04 Å². The first-order valence-electron chi connectivity index (χ1n) is 7.78. The molecule has 0 aromatic carbocycles. The van der Waals surface area contributed by atoms with Crippen molar-refractivity contribution in [3.8, 4) is 11.4 Å². The highest BCUT2D eigenvalue weighted by molar-refractivity contribution is 5.79. The van der Waals surface area contributed by atoms with Crippen molar-refractivity contribution in [3.63, 3.8) is 0 Å². The predicted molar refractivity (Wildman–Crippen MR) is 82.4 cm³/mol. The van der Waals surface area contributed by atoms with Gasteiger partial charge in [0.25, 0.3) is 0 Å². The molecule has 7 nitrogen and oxygen atoms in total. The van der Waals surface area contributed by atoms with E-state index in [9.17, 15) is 4.79 Å². The van der Waals surface area contributed by atoms with Crippen LogP contribution in [-0.2, 0) is 9.53 Å². The van der Waals surface area contributed by atoms with Crippen LogP contribution in [0.1, 0.15) is 37.4 Å². The van der Waals surface area contributed by atoms with Crippen LogP contribution in [0, 0.1) is 12.8 Å². The number of carbonyl (C=O) groups is 1. The summed E-state index contributed by atoms with van der Waals surface area (Å²) in [4.78, 5) is 20.8. The Bertz CT molecular complexity index is 679. The van der Waals surface area contributed by atoms with Crippen LogP contribution >= 0.6 is 0 Å². The van der Waals surface area contributed by atoms with Gasteiger partial charge in [-0.2, -0.15) is 4.98 Å². The van der Waals surface area contributed by atoms with Crippen LogP contribution in [0.2, 0.25) is 0 Å². The van der Waals surface area contributed by atoms with E-state index >= 15 is 0 Å². The van der Waals surface area contributed by atoms with Gasteiger partial charge in [-0.25, -0.2) is 0 Å². The first-order chi connectivity index (χ1) is 11.1. The van der Waals surface area contributed by atoms with Gasteiger partial charge in [-0.05, 0) is 38.8 Å². The highest BCUT2D eigenvalue weighted by Gasteiger charge is 2.25. The molecular formula is C16H20N4O3. The van der Waals surface area contributed by atoms with Crippen molar-refractivity contribution < 1.29 is 14.1 Å². The number of rotatable bonds is 4. The first-order valence-corrected chi connectivity index (χ1v) is 7.78. The quantitative estimate of drug-likeness (QED) is 0.928. The van der Waals surface area contributed by atoms with Gasteiger partial charge >= 0.3 is 0 Å². The molecule has 23 heavy (non-hydrogen) atoms. The second-order valence-electron chi connectivity index (χ2n) is 5.76. The molecule has 1 atom stereocenters. The van der Waals surface area contributed by atoms with E-state index in [4.69, 9.17) is 9.26 Å². The number of aromatic nitrogens is 3. The summed E-state index contributed by atoms with van der Waals surface area (Å²) in [5, 5.41) is 6.92. The van der Waals surface area contributed by atoms with Crippen LogP contribution in [0.25, 0.3) is 11.4 Å². The molecule has 3 rings (SSSR count). The second-order valence-corrected chi connectivity index (χ2v) is 5.76. The third-order valence-corrected chi connectivity index (χ3v) is 3.92. The summed E-state index contributed by atoms with van der Waals surface area (Å²) >= 11 is 0. The lowest BCUT2D eigenvalue weighted by Crippen LogP contribution is -2.35. The highest BCUT2D eigenvalue weighted by Crippen LogP contribution is 2.20. The van der Waals surface area contributed by atoms with Gasteiger partial charge < -0.3 is 14.6 Å². The van der Waals surface area contributed by atoms with Crippen molar-refractivity contribution in [1.82, 2.24) is 20.4 Å². The molecule has 1 amide bonds. The van der Waals surface area contributed by atoms with Crippen molar-refractivity contribution in [2.45, 2.75) is 32.7 Å². The Balaban J connectivity index is 1.66. The molecule has 1 fully saturated rings. The minimum absolute atomic E-state index is 0.00330. The number of hydrogen-bond donors (Lipinski definition) is 1. The summed E-state index contributed by atoms with van der Waals surface area (Å²) in [6.07, 6.45) is 3.21.